The summed E-state index contributed by atoms with van der Waals surface area (Å²) in [6.45, 7) is 0.684. The van der Waals surface area contributed by atoms with E-state index in [0.717, 1.165) is 11.0 Å². The number of halogens is 2. The molecular weight excluding hydrogens is 391 g/mol. The van der Waals surface area contributed by atoms with Gasteiger partial charge in [0, 0.05) is 5.69 Å². The van der Waals surface area contributed by atoms with Crippen molar-refractivity contribution in [1.29, 1.82) is 0 Å². The number of benzene rings is 2. The summed E-state index contributed by atoms with van der Waals surface area (Å²) in [4.78, 5) is 49.6. The third kappa shape index (κ3) is 3.72. The number of hydrogen-bond acceptors (Lipinski definition) is 5. The maximum Gasteiger partial charge on any atom is 0.329 e. The highest BCUT2D eigenvalue weighted by atomic mass is 35.5. The Labute approximate surface area is 164 Å². The Morgan fingerprint density at radius 3 is 2.32 bits per heavy atom. The number of esters is 1. The lowest BCUT2D eigenvalue weighted by molar-refractivity contribution is -0.150. The van der Waals surface area contributed by atoms with Crippen LogP contribution < -0.4 is 5.32 Å². The van der Waals surface area contributed by atoms with Crippen LogP contribution in [-0.4, -0.2) is 41.2 Å². The molecule has 144 valence electrons. The van der Waals surface area contributed by atoms with Crippen LogP contribution in [0.3, 0.4) is 0 Å². The number of nitrogens with one attached hydrogen (secondary N) is 1. The van der Waals surface area contributed by atoms with Gasteiger partial charge in [0.1, 0.15) is 11.9 Å². The Bertz CT molecular complexity index is 959. The van der Waals surface area contributed by atoms with Crippen molar-refractivity contribution in [3.63, 3.8) is 0 Å². The molecule has 3 rings (SSSR count). The summed E-state index contributed by atoms with van der Waals surface area (Å²) in [5.74, 6) is -3.45. The maximum absolute atomic E-state index is 13.1. The average Bonchev–Trinajstić information content (AvgIpc) is 2.93. The van der Waals surface area contributed by atoms with Gasteiger partial charge in [0.05, 0.1) is 16.1 Å². The first-order valence-corrected chi connectivity index (χ1v) is 8.56. The molecule has 0 aliphatic carbocycles. The second kappa shape index (κ2) is 7.77. The zero-order valence-electron chi connectivity index (χ0n) is 14.6. The van der Waals surface area contributed by atoms with Gasteiger partial charge in [0.2, 0.25) is 0 Å². The minimum atomic E-state index is -1.21. The first kappa shape index (κ1) is 19.5. The van der Waals surface area contributed by atoms with E-state index in [0.29, 0.717) is 0 Å². The first-order chi connectivity index (χ1) is 13.3. The molecule has 3 amide bonds. The molecule has 0 bridgehead atoms. The van der Waals surface area contributed by atoms with Crippen LogP contribution in [0.4, 0.5) is 10.1 Å². The van der Waals surface area contributed by atoms with Crippen molar-refractivity contribution < 1.29 is 28.3 Å². The third-order valence-electron chi connectivity index (χ3n) is 4.10. The number of nitrogens with zero attached hydrogens (tertiary/aromatic N) is 1. The minimum absolute atomic E-state index is 0.172. The van der Waals surface area contributed by atoms with Gasteiger partial charge < -0.3 is 10.1 Å². The maximum atomic E-state index is 13.1. The lowest BCUT2D eigenvalue weighted by Crippen LogP contribution is -2.44. The van der Waals surface area contributed by atoms with Gasteiger partial charge in [-0.3, -0.25) is 19.3 Å². The smallest absolute Gasteiger partial charge is 0.329 e. The highest BCUT2D eigenvalue weighted by Crippen LogP contribution is 2.25. The van der Waals surface area contributed by atoms with Crippen LogP contribution in [-0.2, 0) is 14.3 Å². The molecule has 1 N–H and O–H groups in total. The summed E-state index contributed by atoms with van der Waals surface area (Å²) in [6, 6.07) is 8.59. The van der Waals surface area contributed by atoms with Gasteiger partial charge in [-0.1, -0.05) is 23.7 Å². The second-order valence-electron chi connectivity index (χ2n) is 5.99. The van der Waals surface area contributed by atoms with E-state index in [-0.39, 0.29) is 21.8 Å². The Morgan fingerprint density at radius 2 is 1.75 bits per heavy atom. The monoisotopic (exact) mass is 404 g/mol. The topological polar surface area (TPSA) is 92.8 Å². The van der Waals surface area contributed by atoms with E-state index in [4.69, 9.17) is 16.3 Å². The zero-order chi connectivity index (χ0) is 20.4. The van der Waals surface area contributed by atoms with E-state index in [1.165, 1.54) is 31.2 Å². The van der Waals surface area contributed by atoms with Crippen LogP contribution >= 0.6 is 11.6 Å². The Hall–Kier alpha value is -3.26. The molecular formula is C19H14ClFN2O5. The molecule has 0 spiro atoms. The third-order valence-corrected chi connectivity index (χ3v) is 4.39. The number of carbonyl (C=O) groups excluding carboxylic acids is 4. The zero-order valence-corrected chi connectivity index (χ0v) is 15.3. The van der Waals surface area contributed by atoms with Crippen molar-refractivity contribution in [2.45, 2.75) is 13.0 Å². The van der Waals surface area contributed by atoms with E-state index in [2.05, 4.69) is 5.32 Å². The van der Waals surface area contributed by atoms with Gasteiger partial charge in [-0.25, -0.2) is 9.18 Å². The van der Waals surface area contributed by atoms with E-state index in [9.17, 15) is 23.6 Å². The van der Waals surface area contributed by atoms with Crippen molar-refractivity contribution in [1.82, 2.24) is 4.90 Å². The van der Waals surface area contributed by atoms with Gasteiger partial charge in [-0.2, -0.15) is 0 Å². The van der Waals surface area contributed by atoms with Crippen molar-refractivity contribution >= 4 is 41.0 Å². The average molecular weight is 405 g/mol. The number of fused-ring (bicyclic) bond motifs is 1. The standard InChI is InChI=1S/C19H14ClFN2O5/c1-10(23-17(25)12-4-2-3-5-13(12)18(23)26)19(27)28-9-16(24)22-11-6-7-15(21)14(20)8-11/h2-8,10H,9H2,1H3,(H,22,24)/t10-/m0/s1. The van der Waals surface area contributed by atoms with E-state index in [1.807, 2.05) is 0 Å². The summed E-state index contributed by atoms with van der Waals surface area (Å²) >= 11 is 5.62. The summed E-state index contributed by atoms with van der Waals surface area (Å²) in [6.07, 6.45) is 0. The summed E-state index contributed by atoms with van der Waals surface area (Å²) in [7, 11) is 0. The first-order valence-electron chi connectivity index (χ1n) is 8.18. The number of carbonyl (C=O) groups is 4. The van der Waals surface area contributed by atoms with Crippen LogP contribution in [0.5, 0.6) is 0 Å². The fourth-order valence-corrected chi connectivity index (χ4v) is 2.87. The summed E-state index contributed by atoms with van der Waals surface area (Å²) in [5.41, 5.74) is 0.636. The van der Waals surface area contributed by atoms with Gasteiger partial charge in [0.15, 0.2) is 6.61 Å². The molecule has 0 saturated heterocycles. The van der Waals surface area contributed by atoms with Gasteiger partial charge >= 0.3 is 5.97 Å². The fourth-order valence-electron chi connectivity index (χ4n) is 2.69. The predicted molar refractivity (Wildman–Crippen MR) is 97.4 cm³/mol. The molecule has 0 aromatic heterocycles. The molecule has 28 heavy (non-hydrogen) atoms. The number of rotatable bonds is 5. The molecule has 7 nitrogen and oxygen atoms in total. The van der Waals surface area contributed by atoms with Crippen molar-refractivity contribution in [2.75, 3.05) is 11.9 Å². The van der Waals surface area contributed by atoms with Crippen LogP contribution in [0.25, 0.3) is 0 Å². The molecule has 1 aliphatic rings. The molecule has 0 unspecified atom stereocenters. The van der Waals surface area contributed by atoms with Gasteiger partial charge in [-0.15, -0.1) is 0 Å². The molecule has 1 atom stereocenters. The number of anilines is 1. The number of amides is 3. The van der Waals surface area contributed by atoms with E-state index < -0.39 is 42.2 Å². The lowest BCUT2D eigenvalue weighted by Gasteiger charge is -2.20. The highest BCUT2D eigenvalue weighted by molar-refractivity contribution is 6.31. The summed E-state index contributed by atoms with van der Waals surface area (Å²) < 4.78 is 18.0. The number of ether oxygens (including phenoxy) is 1. The molecule has 1 aliphatic heterocycles. The van der Waals surface area contributed by atoms with E-state index in [1.54, 1.807) is 12.1 Å². The largest absolute Gasteiger partial charge is 0.454 e. The normalized spacial score (nSPS) is 13.9. The van der Waals surface area contributed by atoms with Crippen molar-refractivity contribution in [3.05, 3.63) is 64.4 Å². The molecule has 0 saturated carbocycles. The molecule has 1 heterocycles. The molecule has 9 heteroatoms. The second-order valence-corrected chi connectivity index (χ2v) is 6.39. The fraction of sp³-hybridized carbons (Fsp3) is 0.158. The molecule has 0 fully saturated rings. The predicted octanol–water partition coefficient (Wildman–Crippen LogP) is 2.65. The van der Waals surface area contributed by atoms with Gasteiger partial charge in [0.25, 0.3) is 17.7 Å². The van der Waals surface area contributed by atoms with Crippen molar-refractivity contribution in [3.8, 4) is 0 Å². The highest BCUT2D eigenvalue weighted by Gasteiger charge is 2.41. The molecule has 2 aromatic carbocycles. The van der Waals surface area contributed by atoms with Crippen LogP contribution in [0, 0.1) is 5.82 Å². The molecule has 2 aromatic rings. The van der Waals surface area contributed by atoms with E-state index >= 15 is 0 Å². The van der Waals surface area contributed by atoms with Crippen molar-refractivity contribution in [2.24, 2.45) is 0 Å². The van der Waals surface area contributed by atoms with Crippen LogP contribution in [0.15, 0.2) is 42.5 Å². The Balaban J connectivity index is 1.59. The Kier molecular flexibility index (Phi) is 5.41. The Morgan fingerprint density at radius 1 is 1.14 bits per heavy atom. The molecule has 0 radical (unpaired) electrons. The summed E-state index contributed by atoms with van der Waals surface area (Å²) in [5, 5.41) is 2.22. The minimum Gasteiger partial charge on any atom is -0.454 e. The number of hydrogen-bond donors (Lipinski definition) is 1. The lowest BCUT2D eigenvalue weighted by atomic mass is 10.1. The quantitative estimate of drug-likeness (QED) is 0.611. The van der Waals surface area contributed by atoms with Gasteiger partial charge in [-0.05, 0) is 37.3 Å². The van der Waals surface area contributed by atoms with Crippen LogP contribution in [0.2, 0.25) is 5.02 Å². The SMILES string of the molecule is C[C@@H](C(=O)OCC(=O)Nc1ccc(F)c(Cl)c1)N1C(=O)c2ccccc2C1=O. The van der Waals surface area contributed by atoms with Crippen LogP contribution in [0.1, 0.15) is 27.6 Å². The number of imide groups is 1.